The van der Waals surface area contributed by atoms with Crippen LogP contribution in [0.2, 0.25) is 0 Å². The van der Waals surface area contributed by atoms with Gasteiger partial charge in [-0.15, -0.1) is 0 Å². The van der Waals surface area contributed by atoms with Crippen molar-refractivity contribution in [2.24, 2.45) is 0 Å². The minimum atomic E-state index is -0.940. The first-order valence-electron chi connectivity index (χ1n) is 7.57. The van der Waals surface area contributed by atoms with Crippen LogP contribution in [-0.2, 0) is 12.1 Å². The Bertz CT molecular complexity index is 552. The van der Waals surface area contributed by atoms with E-state index in [-0.39, 0.29) is 0 Å². The summed E-state index contributed by atoms with van der Waals surface area (Å²) in [6, 6.07) is 20.2. The van der Waals surface area contributed by atoms with E-state index in [2.05, 4.69) is 22.3 Å². The molecule has 1 atom stereocenters. The third-order valence-corrected chi connectivity index (χ3v) is 4.17. The van der Waals surface area contributed by atoms with Crippen molar-refractivity contribution in [1.29, 1.82) is 0 Å². The summed E-state index contributed by atoms with van der Waals surface area (Å²) in [6.07, 6.45) is 0.609. The molecule has 1 fully saturated rings. The molecular weight excluding hydrogens is 260 g/mol. The molecule has 0 aliphatic carbocycles. The highest BCUT2D eigenvalue weighted by atomic mass is 16.3. The first-order valence-corrected chi connectivity index (χ1v) is 7.57. The van der Waals surface area contributed by atoms with E-state index < -0.39 is 5.72 Å². The van der Waals surface area contributed by atoms with E-state index in [0.29, 0.717) is 6.42 Å². The van der Waals surface area contributed by atoms with Gasteiger partial charge in [-0.2, -0.15) is 0 Å². The van der Waals surface area contributed by atoms with Gasteiger partial charge in [-0.25, -0.2) is 0 Å². The minimum Gasteiger partial charge on any atom is -0.371 e. The lowest BCUT2D eigenvalue weighted by Crippen LogP contribution is -2.55. The summed E-state index contributed by atoms with van der Waals surface area (Å²) in [5, 5.41) is 14.8. The van der Waals surface area contributed by atoms with Crippen molar-refractivity contribution in [3.8, 4) is 0 Å². The highest BCUT2D eigenvalue weighted by molar-refractivity contribution is 5.26. The number of aliphatic hydroxyl groups is 1. The van der Waals surface area contributed by atoms with Crippen LogP contribution in [0.3, 0.4) is 0 Å². The van der Waals surface area contributed by atoms with Crippen LogP contribution in [0.25, 0.3) is 0 Å². The molecule has 2 N–H and O–H groups in total. The Kier molecular flexibility index (Phi) is 4.34. The summed E-state index contributed by atoms with van der Waals surface area (Å²) < 4.78 is 0. The molecule has 1 heterocycles. The summed E-state index contributed by atoms with van der Waals surface area (Å²) >= 11 is 0. The second-order valence-electron chi connectivity index (χ2n) is 5.58. The lowest BCUT2D eigenvalue weighted by molar-refractivity contribution is -0.120. The van der Waals surface area contributed by atoms with Crippen LogP contribution in [-0.4, -0.2) is 36.2 Å². The Labute approximate surface area is 126 Å². The van der Waals surface area contributed by atoms with Gasteiger partial charge in [-0.05, 0) is 11.1 Å². The molecule has 3 heteroatoms. The number of nitrogens with one attached hydrogen (secondary N) is 1. The molecule has 0 bridgehead atoms. The van der Waals surface area contributed by atoms with Gasteiger partial charge in [-0.3, -0.25) is 4.90 Å². The average molecular weight is 282 g/mol. The highest BCUT2D eigenvalue weighted by Gasteiger charge is 2.36. The molecule has 3 nitrogen and oxygen atoms in total. The van der Waals surface area contributed by atoms with Crippen molar-refractivity contribution in [2.75, 3.05) is 26.2 Å². The van der Waals surface area contributed by atoms with Gasteiger partial charge in [0.2, 0.25) is 0 Å². The van der Waals surface area contributed by atoms with Crippen molar-refractivity contribution < 1.29 is 5.11 Å². The molecule has 0 amide bonds. The van der Waals surface area contributed by atoms with Gasteiger partial charge >= 0.3 is 0 Å². The normalized spacial score (nSPS) is 19.1. The molecule has 3 rings (SSSR count). The maximum Gasteiger partial charge on any atom is 0.148 e. The maximum absolute atomic E-state index is 11.5. The zero-order chi connectivity index (χ0) is 14.5. The zero-order valence-electron chi connectivity index (χ0n) is 12.2. The van der Waals surface area contributed by atoms with Crippen LogP contribution >= 0.6 is 0 Å². The van der Waals surface area contributed by atoms with Crippen molar-refractivity contribution in [3.63, 3.8) is 0 Å². The lowest BCUT2D eigenvalue weighted by atomic mass is 9.92. The van der Waals surface area contributed by atoms with Crippen LogP contribution in [0.4, 0.5) is 0 Å². The Morgan fingerprint density at radius 1 is 0.905 bits per heavy atom. The Hall–Kier alpha value is -1.68. The number of piperazine rings is 1. The summed E-state index contributed by atoms with van der Waals surface area (Å²) in [7, 11) is 0. The van der Waals surface area contributed by atoms with Crippen LogP contribution < -0.4 is 5.32 Å². The van der Waals surface area contributed by atoms with E-state index in [4.69, 9.17) is 0 Å². The second kappa shape index (κ2) is 6.39. The standard InChI is InChI=1S/C18H22N2O/c21-18(17-9-5-2-6-10-17,20-13-11-19-12-14-20)15-16-7-3-1-4-8-16/h1-10,19,21H,11-15H2. The quantitative estimate of drug-likeness (QED) is 0.900. The van der Waals surface area contributed by atoms with Gasteiger partial charge in [0.05, 0.1) is 0 Å². The van der Waals surface area contributed by atoms with Crippen LogP contribution in [0.5, 0.6) is 0 Å². The Balaban J connectivity index is 1.94. The van der Waals surface area contributed by atoms with Crippen molar-refractivity contribution >= 4 is 0 Å². The number of rotatable bonds is 4. The molecule has 0 spiro atoms. The highest BCUT2D eigenvalue weighted by Crippen LogP contribution is 2.30. The minimum absolute atomic E-state index is 0.609. The van der Waals surface area contributed by atoms with Gasteiger partial charge in [0.1, 0.15) is 5.72 Å². The molecule has 0 radical (unpaired) electrons. The van der Waals surface area contributed by atoms with E-state index >= 15 is 0 Å². The summed E-state index contributed by atoms with van der Waals surface area (Å²) in [6.45, 7) is 3.56. The van der Waals surface area contributed by atoms with Gasteiger partial charge in [-0.1, -0.05) is 60.7 Å². The molecule has 21 heavy (non-hydrogen) atoms. The smallest absolute Gasteiger partial charge is 0.148 e. The van der Waals surface area contributed by atoms with E-state index in [1.165, 1.54) is 0 Å². The van der Waals surface area contributed by atoms with Gasteiger partial charge in [0.25, 0.3) is 0 Å². The second-order valence-corrected chi connectivity index (χ2v) is 5.58. The fourth-order valence-electron chi connectivity index (χ4n) is 3.02. The third kappa shape index (κ3) is 3.16. The fourth-order valence-corrected chi connectivity index (χ4v) is 3.02. The predicted molar refractivity (Wildman–Crippen MR) is 84.9 cm³/mol. The van der Waals surface area contributed by atoms with E-state index in [1.54, 1.807) is 0 Å². The van der Waals surface area contributed by atoms with Crippen LogP contribution in [0.1, 0.15) is 11.1 Å². The Morgan fingerprint density at radius 3 is 2.10 bits per heavy atom. The van der Waals surface area contributed by atoms with E-state index in [1.807, 2.05) is 48.5 Å². The van der Waals surface area contributed by atoms with E-state index in [0.717, 1.165) is 37.3 Å². The maximum atomic E-state index is 11.5. The first-order chi connectivity index (χ1) is 10.3. The molecule has 1 unspecified atom stereocenters. The number of benzene rings is 2. The largest absolute Gasteiger partial charge is 0.371 e. The van der Waals surface area contributed by atoms with Gasteiger partial charge in [0.15, 0.2) is 0 Å². The summed E-state index contributed by atoms with van der Waals surface area (Å²) in [5.74, 6) is 0. The van der Waals surface area contributed by atoms with Crippen LogP contribution in [0.15, 0.2) is 60.7 Å². The van der Waals surface area contributed by atoms with Crippen LogP contribution in [0, 0.1) is 0 Å². The molecule has 1 aliphatic rings. The van der Waals surface area contributed by atoms with Crippen molar-refractivity contribution in [1.82, 2.24) is 10.2 Å². The average Bonchev–Trinajstić information content (AvgIpc) is 2.57. The van der Waals surface area contributed by atoms with Crippen molar-refractivity contribution in [2.45, 2.75) is 12.1 Å². The predicted octanol–water partition coefficient (Wildman–Crippen LogP) is 1.98. The number of nitrogens with zero attached hydrogens (tertiary/aromatic N) is 1. The molecular formula is C18H22N2O. The molecule has 2 aromatic carbocycles. The monoisotopic (exact) mass is 282 g/mol. The van der Waals surface area contributed by atoms with Gasteiger partial charge < -0.3 is 10.4 Å². The molecule has 110 valence electrons. The molecule has 1 saturated heterocycles. The van der Waals surface area contributed by atoms with E-state index in [9.17, 15) is 5.11 Å². The molecule has 2 aromatic rings. The third-order valence-electron chi connectivity index (χ3n) is 4.17. The Morgan fingerprint density at radius 2 is 1.48 bits per heavy atom. The fraction of sp³-hybridized carbons (Fsp3) is 0.333. The SMILES string of the molecule is OC(Cc1ccccc1)(c1ccccc1)N1CCNCC1. The molecule has 0 aromatic heterocycles. The van der Waals surface area contributed by atoms with Crippen molar-refractivity contribution in [3.05, 3.63) is 71.8 Å². The number of hydrogen-bond acceptors (Lipinski definition) is 3. The molecule has 1 aliphatic heterocycles. The number of hydrogen-bond donors (Lipinski definition) is 2. The topological polar surface area (TPSA) is 35.5 Å². The zero-order valence-corrected chi connectivity index (χ0v) is 12.2. The molecule has 0 saturated carbocycles. The first kappa shape index (κ1) is 14.3. The lowest BCUT2D eigenvalue weighted by Gasteiger charge is -2.42. The summed E-state index contributed by atoms with van der Waals surface area (Å²) in [5.41, 5.74) is 1.18. The summed E-state index contributed by atoms with van der Waals surface area (Å²) in [4.78, 5) is 2.19. The van der Waals surface area contributed by atoms with Gasteiger partial charge in [0, 0.05) is 32.6 Å².